The molecule has 0 heterocycles. The number of benzene rings is 1. The smallest absolute Gasteiger partial charge is 0.254 e. The Bertz CT molecular complexity index is 550. The number of nitrogens with one attached hydrogen (secondary N) is 1. The molecule has 1 aromatic carbocycles. The first-order chi connectivity index (χ1) is 10.3. The fourth-order valence-corrected chi connectivity index (χ4v) is 2.48. The van der Waals surface area contributed by atoms with Gasteiger partial charge in [-0.25, -0.2) is 0 Å². The molecule has 0 unspecified atom stereocenters. The van der Waals surface area contributed by atoms with E-state index in [9.17, 15) is 9.59 Å². The molecule has 0 bridgehead atoms. The third-order valence-electron chi connectivity index (χ3n) is 4.09. The molecule has 0 aliphatic rings. The van der Waals surface area contributed by atoms with E-state index in [0.717, 1.165) is 0 Å². The molecule has 130 valence electrons. The van der Waals surface area contributed by atoms with Crippen molar-refractivity contribution in [3.63, 3.8) is 0 Å². The fraction of sp³-hybridized carbons (Fsp3) is 0.500. The lowest BCUT2D eigenvalue weighted by Crippen LogP contribution is -2.41. The van der Waals surface area contributed by atoms with Gasteiger partial charge in [-0.05, 0) is 31.0 Å². The highest BCUT2D eigenvalue weighted by atomic mass is 35.5. The maximum absolute atomic E-state index is 12.5. The number of nitrogens with two attached hydrogens (primary N) is 1. The van der Waals surface area contributed by atoms with Gasteiger partial charge in [-0.3, -0.25) is 9.59 Å². The second-order valence-electron chi connectivity index (χ2n) is 5.54. The zero-order valence-corrected chi connectivity index (χ0v) is 15.6. The van der Waals surface area contributed by atoms with Crippen molar-refractivity contribution in [1.82, 2.24) is 4.90 Å². The Balaban J connectivity index is 0.00000484. The van der Waals surface area contributed by atoms with Crippen LogP contribution in [0.4, 0.5) is 5.69 Å². The van der Waals surface area contributed by atoms with Crippen molar-refractivity contribution in [2.45, 2.75) is 26.7 Å². The summed E-state index contributed by atoms with van der Waals surface area (Å²) >= 11 is 6.14. The molecule has 5 nitrogen and oxygen atoms in total. The molecule has 3 N–H and O–H groups in total. The SMILES string of the molecule is CCC(CC)(CN)C(=O)Nc1ccc(C(=O)N(C)C)c(Cl)c1.Cl. The predicted molar refractivity (Wildman–Crippen MR) is 97.4 cm³/mol. The van der Waals surface area contributed by atoms with Gasteiger partial charge in [-0.15, -0.1) is 12.4 Å². The van der Waals surface area contributed by atoms with Crippen LogP contribution in [0, 0.1) is 5.41 Å². The third-order valence-corrected chi connectivity index (χ3v) is 4.40. The van der Waals surface area contributed by atoms with Crippen molar-refractivity contribution >= 4 is 41.5 Å². The summed E-state index contributed by atoms with van der Waals surface area (Å²) in [4.78, 5) is 25.8. The van der Waals surface area contributed by atoms with E-state index in [1.54, 1.807) is 32.3 Å². The Morgan fingerprint density at radius 2 is 1.83 bits per heavy atom. The summed E-state index contributed by atoms with van der Waals surface area (Å²) in [5.41, 5.74) is 6.16. The lowest BCUT2D eigenvalue weighted by atomic mass is 9.81. The van der Waals surface area contributed by atoms with Crippen LogP contribution in [0.2, 0.25) is 5.02 Å². The predicted octanol–water partition coefficient (Wildman–Crippen LogP) is 3.17. The van der Waals surface area contributed by atoms with E-state index in [-0.39, 0.29) is 30.8 Å². The van der Waals surface area contributed by atoms with Crippen LogP contribution < -0.4 is 11.1 Å². The first-order valence-electron chi connectivity index (χ1n) is 7.34. The van der Waals surface area contributed by atoms with Crippen LogP contribution in [-0.4, -0.2) is 37.4 Å². The zero-order valence-electron chi connectivity index (χ0n) is 14.0. The van der Waals surface area contributed by atoms with Gasteiger partial charge >= 0.3 is 0 Å². The van der Waals surface area contributed by atoms with Crippen LogP contribution in [0.5, 0.6) is 0 Å². The molecule has 23 heavy (non-hydrogen) atoms. The summed E-state index contributed by atoms with van der Waals surface area (Å²) in [7, 11) is 3.32. The normalized spacial score (nSPS) is 10.7. The molecular formula is C16H25Cl2N3O2. The molecule has 1 aromatic rings. The van der Waals surface area contributed by atoms with Gasteiger partial charge in [0.2, 0.25) is 5.91 Å². The lowest BCUT2D eigenvalue weighted by Gasteiger charge is -2.28. The average Bonchev–Trinajstić information content (AvgIpc) is 2.49. The van der Waals surface area contributed by atoms with Gasteiger partial charge in [0.15, 0.2) is 0 Å². The highest BCUT2D eigenvalue weighted by Gasteiger charge is 2.33. The van der Waals surface area contributed by atoms with E-state index < -0.39 is 5.41 Å². The number of nitrogens with zero attached hydrogens (tertiary/aromatic N) is 1. The minimum absolute atomic E-state index is 0. The van der Waals surface area contributed by atoms with Gasteiger partial charge in [-0.1, -0.05) is 25.4 Å². The number of halogens is 2. The van der Waals surface area contributed by atoms with Crippen molar-refractivity contribution in [3.8, 4) is 0 Å². The van der Waals surface area contributed by atoms with Crippen LogP contribution in [0.15, 0.2) is 18.2 Å². The van der Waals surface area contributed by atoms with Crippen LogP contribution in [0.25, 0.3) is 0 Å². The first-order valence-corrected chi connectivity index (χ1v) is 7.71. The van der Waals surface area contributed by atoms with Crippen molar-refractivity contribution in [2.75, 3.05) is 26.0 Å². The molecule has 1 rings (SSSR count). The molecule has 0 fully saturated rings. The summed E-state index contributed by atoms with van der Waals surface area (Å²) in [6.45, 7) is 4.18. The molecule has 0 aliphatic heterocycles. The Hall–Kier alpha value is -1.30. The van der Waals surface area contributed by atoms with Gasteiger partial charge in [0.25, 0.3) is 5.91 Å². The Morgan fingerprint density at radius 3 is 2.22 bits per heavy atom. The van der Waals surface area contributed by atoms with E-state index in [1.807, 2.05) is 13.8 Å². The van der Waals surface area contributed by atoms with Crippen LogP contribution >= 0.6 is 24.0 Å². The van der Waals surface area contributed by atoms with E-state index in [2.05, 4.69) is 5.32 Å². The lowest BCUT2D eigenvalue weighted by molar-refractivity contribution is -0.125. The molecule has 0 radical (unpaired) electrons. The van der Waals surface area contributed by atoms with E-state index in [0.29, 0.717) is 29.1 Å². The fourth-order valence-electron chi connectivity index (χ4n) is 2.22. The molecule has 7 heteroatoms. The minimum Gasteiger partial charge on any atom is -0.345 e. The molecule has 2 amide bonds. The van der Waals surface area contributed by atoms with Gasteiger partial charge in [0, 0.05) is 26.3 Å². The van der Waals surface area contributed by atoms with E-state index in [4.69, 9.17) is 17.3 Å². The summed E-state index contributed by atoms with van der Waals surface area (Å²) in [6.07, 6.45) is 1.33. The summed E-state index contributed by atoms with van der Waals surface area (Å²) in [6, 6.07) is 4.87. The standard InChI is InChI=1S/C16H24ClN3O2.ClH/c1-5-16(6-2,10-18)15(22)19-11-7-8-12(13(17)9-11)14(21)20(3)4;/h7-9H,5-6,10,18H2,1-4H3,(H,19,22);1H. The maximum Gasteiger partial charge on any atom is 0.254 e. The molecule has 0 aromatic heterocycles. The molecule has 0 atom stereocenters. The van der Waals surface area contributed by atoms with Crippen molar-refractivity contribution in [3.05, 3.63) is 28.8 Å². The number of anilines is 1. The first kappa shape index (κ1) is 21.7. The number of hydrogen-bond donors (Lipinski definition) is 2. The maximum atomic E-state index is 12.5. The molecule has 0 saturated heterocycles. The average molecular weight is 362 g/mol. The van der Waals surface area contributed by atoms with Crippen molar-refractivity contribution in [2.24, 2.45) is 11.1 Å². The van der Waals surface area contributed by atoms with Gasteiger partial charge in [0.1, 0.15) is 0 Å². The van der Waals surface area contributed by atoms with Crippen LogP contribution in [-0.2, 0) is 4.79 Å². The largest absolute Gasteiger partial charge is 0.345 e. The Labute approximate surface area is 149 Å². The number of carbonyl (C=O) groups is 2. The van der Waals surface area contributed by atoms with E-state index in [1.165, 1.54) is 4.90 Å². The molecular weight excluding hydrogens is 337 g/mol. The van der Waals surface area contributed by atoms with Crippen molar-refractivity contribution < 1.29 is 9.59 Å². The topological polar surface area (TPSA) is 75.4 Å². The number of amides is 2. The minimum atomic E-state index is -0.579. The number of carbonyl (C=O) groups excluding carboxylic acids is 2. The quantitative estimate of drug-likeness (QED) is 0.816. The third kappa shape index (κ3) is 4.83. The summed E-state index contributed by atoms with van der Waals surface area (Å²) in [5, 5.41) is 3.15. The Kier molecular flexibility index (Phi) is 8.59. The molecule has 0 aliphatic carbocycles. The number of rotatable bonds is 6. The second kappa shape index (κ2) is 9.11. The van der Waals surface area contributed by atoms with Gasteiger partial charge < -0.3 is 16.0 Å². The zero-order chi connectivity index (χ0) is 16.9. The summed E-state index contributed by atoms with van der Waals surface area (Å²) in [5.74, 6) is -0.302. The second-order valence-corrected chi connectivity index (χ2v) is 5.95. The summed E-state index contributed by atoms with van der Waals surface area (Å²) < 4.78 is 0. The van der Waals surface area contributed by atoms with Crippen molar-refractivity contribution in [1.29, 1.82) is 0 Å². The molecule has 0 spiro atoms. The van der Waals surface area contributed by atoms with Gasteiger partial charge in [0.05, 0.1) is 16.0 Å². The van der Waals surface area contributed by atoms with Crippen LogP contribution in [0.3, 0.4) is 0 Å². The highest BCUT2D eigenvalue weighted by molar-refractivity contribution is 6.34. The molecule has 0 saturated carbocycles. The monoisotopic (exact) mass is 361 g/mol. The van der Waals surface area contributed by atoms with Crippen LogP contribution in [0.1, 0.15) is 37.0 Å². The van der Waals surface area contributed by atoms with E-state index >= 15 is 0 Å². The highest BCUT2D eigenvalue weighted by Crippen LogP contribution is 2.28. The Morgan fingerprint density at radius 1 is 1.26 bits per heavy atom. The number of hydrogen-bond acceptors (Lipinski definition) is 3. The van der Waals surface area contributed by atoms with Gasteiger partial charge in [-0.2, -0.15) is 0 Å².